The Morgan fingerprint density at radius 1 is 1.50 bits per heavy atom. The number of carbonyl (C=O) groups is 1. The summed E-state index contributed by atoms with van der Waals surface area (Å²) >= 11 is 0. The molecule has 1 aromatic carbocycles. The average Bonchev–Trinajstić information content (AvgIpc) is 2.19. The summed E-state index contributed by atoms with van der Waals surface area (Å²) in [6.07, 6.45) is 1.87. The van der Waals surface area contributed by atoms with Gasteiger partial charge in [0, 0.05) is 18.0 Å². The van der Waals surface area contributed by atoms with Gasteiger partial charge in [-0.2, -0.15) is 0 Å². The molecule has 1 rings (SSSR count). The van der Waals surface area contributed by atoms with Crippen LogP contribution in [0.5, 0.6) is 0 Å². The predicted molar refractivity (Wildman–Crippen MR) is 56.8 cm³/mol. The second-order valence-electron chi connectivity index (χ2n) is 3.18. The van der Waals surface area contributed by atoms with E-state index in [4.69, 9.17) is 5.41 Å². The largest absolute Gasteiger partial charge is 0.349 e. The topological polar surface area (TPSA) is 53.0 Å². The van der Waals surface area contributed by atoms with Crippen LogP contribution in [-0.2, 0) is 0 Å². The van der Waals surface area contributed by atoms with Crippen molar-refractivity contribution >= 4 is 12.1 Å². The van der Waals surface area contributed by atoms with Gasteiger partial charge in [-0.3, -0.25) is 4.79 Å². The Morgan fingerprint density at radius 2 is 2.14 bits per heavy atom. The molecule has 0 bridgehead atoms. The molecule has 0 aromatic heterocycles. The Balaban J connectivity index is 2.55. The molecule has 0 aliphatic rings. The second kappa shape index (κ2) is 5.17. The molecular formula is C11H14N2O. The van der Waals surface area contributed by atoms with E-state index in [0.717, 1.165) is 0 Å². The Bertz CT molecular complexity index is 308. The van der Waals surface area contributed by atoms with Crippen molar-refractivity contribution in [3.8, 4) is 0 Å². The summed E-state index contributed by atoms with van der Waals surface area (Å²) < 4.78 is 0. The van der Waals surface area contributed by atoms with Gasteiger partial charge in [-0.15, -0.1) is 0 Å². The quantitative estimate of drug-likeness (QED) is 0.699. The van der Waals surface area contributed by atoms with Crippen molar-refractivity contribution < 1.29 is 4.79 Å². The van der Waals surface area contributed by atoms with Gasteiger partial charge in [-0.05, 0) is 25.3 Å². The summed E-state index contributed by atoms with van der Waals surface area (Å²) in [4.78, 5) is 11.5. The molecule has 0 spiro atoms. The van der Waals surface area contributed by atoms with Crippen molar-refractivity contribution in [3.05, 3.63) is 35.9 Å². The SMILES string of the molecule is CC(CC=N)NC(=O)c1ccccc1. The third-order valence-electron chi connectivity index (χ3n) is 1.88. The summed E-state index contributed by atoms with van der Waals surface area (Å²) in [5.74, 6) is -0.0834. The highest BCUT2D eigenvalue weighted by Crippen LogP contribution is 1.99. The first-order valence-electron chi connectivity index (χ1n) is 4.59. The van der Waals surface area contributed by atoms with Crippen molar-refractivity contribution in [2.45, 2.75) is 19.4 Å². The van der Waals surface area contributed by atoms with Crippen LogP contribution in [0.25, 0.3) is 0 Å². The summed E-state index contributed by atoms with van der Waals surface area (Å²) in [6.45, 7) is 1.88. The van der Waals surface area contributed by atoms with Crippen molar-refractivity contribution in [2.75, 3.05) is 0 Å². The van der Waals surface area contributed by atoms with Crippen molar-refractivity contribution in [3.63, 3.8) is 0 Å². The zero-order chi connectivity index (χ0) is 10.4. The monoisotopic (exact) mass is 190 g/mol. The Hall–Kier alpha value is -1.64. The van der Waals surface area contributed by atoms with Crippen LogP contribution in [-0.4, -0.2) is 18.2 Å². The van der Waals surface area contributed by atoms with E-state index in [-0.39, 0.29) is 11.9 Å². The molecule has 0 radical (unpaired) electrons. The molecule has 1 amide bonds. The predicted octanol–water partition coefficient (Wildman–Crippen LogP) is 1.84. The van der Waals surface area contributed by atoms with Crippen molar-refractivity contribution in [2.24, 2.45) is 0 Å². The van der Waals surface area contributed by atoms with Gasteiger partial charge >= 0.3 is 0 Å². The zero-order valence-electron chi connectivity index (χ0n) is 8.16. The molecule has 3 heteroatoms. The van der Waals surface area contributed by atoms with E-state index in [9.17, 15) is 4.79 Å². The van der Waals surface area contributed by atoms with E-state index >= 15 is 0 Å². The van der Waals surface area contributed by atoms with Crippen LogP contribution in [0.4, 0.5) is 0 Å². The van der Waals surface area contributed by atoms with E-state index in [1.54, 1.807) is 12.1 Å². The molecule has 0 aliphatic carbocycles. The number of rotatable bonds is 4. The van der Waals surface area contributed by atoms with Crippen LogP contribution in [0.2, 0.25) is 0 Å². The lowest BCUT2D eigenvalue weighted by atomic mass is 10.2. The van der Waals surface area contributed by atoms with Gasteiger partial charge in [-0.1, -0.05) is 18.2 Å². The molecule has 0 aliphatic heterocycles. The highest BCUT2D eigenvalue weighted by Gasteiger charge is 2.07. The van der Waals surface area contributed by atoms with Gasteiger partial charge in [0.1, 0.15) is 0 Å². The molecule has 0 fully saturated rings. The van der Waals surface area contributed by atoms with Gasteiger partial charge in [-0.25, -0.2) is 0 Å². The van der Waals surface area contributed by atoms with Crippen LogP contribution < -0.4 is 5.32 Å². The molecule has 3 nitrogen and oxygen atoms in total. The lowest BCUT2D eigenvalue weighted by molar-refractivity contribution is 0.0941. The third kappa shape index (κ3) is 3.01. The first-order chi connectivity index (χ1) is 6.74. The van der Waals surface area contributed by atoms with E-state index in [1.807, 2.05) is 25.1 Å². The average molecular weight is 190 g/mol. The Labute approximate surface area is 83.7 Å². The summed E-state index contributed by atoms with van der Waals surface area (Å²) in [6, 6.07) is 9.09. The van der Waals surface area contributed by atoms with E-state index in [0.29, 0.717) is 12.0 Å². The lowest BCUT2D eigenvalue weighted by Crippen LogP contribution is -2.32. The molecule has 2 N–H and O–H groups in total. The molecule has 1 unspecified atom stereocenters. The maximum Gasteiger partial charge on any atom is 0.251 e. The van der Waals surface area contributed by atoms with Gasteiger partial charge in [0.25, 0.3) is 5.91 Å². The van der Waals surface area contributed by atoms with Gasteiger partial charge in [0.15, 0.2) is 0 Å². The highest BCUT2D eigenvalue weighted by atomic mass is 16.1. The van der Waals surface area contributed by atoms with Crippen LogP contribution in [0.3, 0.4) is 0 Å². The molecule has 0 saturated carbocycles. The number of benzene rings is 1. The van der Waals surface area contributed by atoms with Crippen molar-refractivity contribution in [1.29, 1.82) is 5.41 Å². The minimum Gasteiger partial charge on any atom is -0.349 e. The van der Waals surface area contributed by atoms with Gasteiger partial charge in [0.05, 0.1) is 0 Å². The third-order valence-corrected chi connectivity index (χ3v) is 1.88. The summed E-state index contributed by atoms with van der Waals surface area (Å²) in [5.41, 5.74) is 0.657. The lowest BCUT2D eigenvalue weighted by Gasteiger charge is -2.10. The molecule has 74 valence electrons. The molecule has 14 heavy (non-hydrogen) atoms. The fourth-order valence-corrected chi connectivity index (χ4v) is 1.13. The number of carbonyl (C=O) groups excluding carboxylic acids is 1. The first kappa shape index (κ1) is 10.4. The second-order valence-corrected chi connectivity index (χ2v) is 3.18. The van der Waals surface area contributed by atoms with E-state index in [2.05, 4.69) is 5.32 Å². The van der Waals surface area contributed by atoms with E-state index in [1.165, 1.54) is 6.21 Å². The van der Waals surface area contributed by atoms with Crippen LogP contribution in [0.1, 0.15) is 23.7 Å². The molecule has 0 saturated heterocycles. The van der Waals surface area contributed by atoms with Crippen LogP contribution in [0, 0.1) is 5.41 Å². The maximum atomic E-state index is 11.5. The van der Waals surface area contributed by atoms with Crippen LogP contribution in [0.15, 0.2) is 30.3 Å². The smallest absolute Gasteiger partial charge is 0.251 e. The number of hydrogen-bond donors (Lipinski definition) is 2. The van der Waals surface area contributed by atoms with E-state index < -0.39 is 0 Å². The summed E-state index contributed by atoms with van der Waals surface area (Å²) in [5, 5.41) is 9.71. The van der Waals surface area contributed by atoms with Crippen LogP contribution >= 0.6 is 0 Å². The Morgan fingerprint density at radius 3 is 2.71 bits per heavy atom. The molecule has 1 aromatic rings. The first-order valence-corrected chi connectivity index (χ1v) is 4.59. The number of nitrogens with one attached hydrogen (secondary N) is 2. The minimum atomic E-state index is -0.0834. The zero-order valence-corrected chi connectivity index (χ0v) is 8.16. The normalized spacial score (nSPS) is 11.8. The highest BCUT2D eigenvalue weighted by molar-refractivity contribution is 5.94. The fourth-order valence-electron chi connectivity index (χ4n) is 1.13. The Kier molecular flexibility index (Phi) is 3.85. The standard InChI is InChI=1S/C11H14N2O/c1-9(7-8-12)13-11(14)10-5-3-2-4-6-10/h2-6,8-9,12H,7H2,1H3,(H,13,14). The maximum absolute atomic E-state index is 11.5. The van der Waals surface area contributed by atoms with Gasteiger partial charge < -0.3 is 10.7 Å². The van der Waals surface area contributed by atoms with Crippen molar-refractivity contribution in [1.82, 2.24) is 5.32 Å². The molecule has 1 atom stereocenters. The fraction of sp³-hybridized carbons (Fsp3) is 0.273. The minimum absolute atomic E-state index is 0.0141. The number of hydrogen-bond acceptors (Lipinski definition) is 2. The number of amides is 1. The molecule has 0 heterocycles. The molecular weight excluding hydrogens is 176 g/mol. The van der Waals surface area contributed by atoms with Gasteiger partial charge in [0.2, 0.25) is 0 Å². The summed E-state index contributed by atoms with van der Waals surface area (Å²) in [7, 11) is 0.